The van der Waals surface area contributed by atoms with Crippen molar-refractivity contribution < 1.29 is 9.47 Å². The summed E-state index contributed by atoms with van der Waals surface area (Å²) < 4.78 is 11.3. The summed E-state index contributed by atoms with van der Waals surface area (Å²) in [5, 5.41) is 8.13. The maximum Gasteiger partial charge on any atom is 0.227 e. The first-order valence-corrected chi connectivity index (χ1v) is 9.13. The van der Waals surface area contributed by atoms with Crippen molar-refractivity contribution in [3.8, 4) is 5.75 Å². The van der Waals surface area contributed by atoms with Gasteiger partial charge in [0.15, 0.2) is 5.90 Å². The van der Waals surface area contributed by atoms with Gasteiger partial charge in [0, 0.05) is 19.7 Å². The lowest BCUT2D eigenvalue weighted by atomic mass is 10.1. The Labute approximate surface area is 171 Å². The molecule has 6 nitrogen and oxygen atoms in total. The Morgan fingerprint density at radius 3 is 2.66 bits per heavy atom. The zero-order chi connectivity index (χ0) is 21.1. The maximum atomic E-state index is 8.13. The maximum absolute atomic E-state index is 8.13. The summed E-state index contributed by atoms with van der Waals surface area (Å²) in [5.74, 6) is 1.41. The summed E-state index contributed by atoms with van der Waals surface area (Å²) >= 11 is 0. The van der Waals surface area contributed by atoms with Crippen LogP contribution < -0.4 is 10.5 Å². The second-order valence-corrected chi connectivity index (χ2v) is 6.23. The summed E-state index contributed by atoms with van der Waals surface area (Å²) in [6.45, 7) is 6.14. The fourth-order valence-electron chi connectivity index (χ4n) is 2.40. The van der Waals surface area contributed by atoms with E-state index < -0.39 is 0 Å². The topological polar surface area (TPSA) is 93.6 Å². The van der Waals surface area contributed by atoms with Crippen LogP contribution in [0.3, 0.4) is 0 Å². The van der Waals surface area contributed by atoms with Crippen LogP contribution in [-0.2, 0) is 11.2 Å². The van der Waals surface area contributed by atoms with Crippen molar-refractivity contribution in [3.63, 3.8) is 0 Å². The predicted molar refractivity (Wildman–Crippen MR) is 119 cm³/mol. The molecule has 3 N–H and O–H groups in total. The van der Waals surface area contributed by atoms with Gasteiger partial charge < -0.3 is 15.2 Å². The van der Waals surface area contributed by atoms with Gasteiger partial charge in [-0.2, -0.15) is 0 Å². The normalized spacial score (nSPS) is 12.1. The zero-order valence-electron chi connectivity index (χ0n) is 16.8. The number of nitrogens with two attached hydrogens (primary N) is 1. The molecule has 29 heavy (non-hydrogen) atoms. The van der Waals surface area contributed by atoms with Crippen LogP contribution in [0.25, 0.3) is 0 Å². The molecule has 0 atom stereocenters. The first-order valence-electron chi connectivity index (χ1n) is 9.13. The van der Waals surface area contributed by atoms with E-state index in [2.05, 4.69) is 16.6 Å². The second-order valence-electron chi connectivity index (χ2n) is 6.23. The molecule has 150 valence electrons. The third-order valence-electron chi connectivity index (χ3n) is 3.87. The number of aromatic nitrogens is 1. The molecular formula is C23H26N4O2. The molecule has 0 aliphatic heterocycles. The Bertz CT molecular complexity index is 928. The smallest absolute Gasteiger partial charge is 0.227 e. The van der Waals surface area contributed by atoms with E-state index >= 15 is 0 Å². The van der Waals surface area contributed by atoms with Crippen LogP contribution in [0.2, 0.25) is 0 Å². The highest BCUT2D eigenvalue weighted by molar-refractivity contribution is 6.04. The van der Waals surface area contributed by atoms with E-state index in [1.54, 1.807) is 31.5 Å². The van der Waals surface area contributed by atoms with Crippen LogP contribution in [0.1, 0.15) is 18.1 Å². The van der Waals surface area contributed by atoms with E-state index in [0.29, 0.717) is 24.4 Å². The molecule has 0 aliphatic carbocycles. The molecule has 1 heterocycles. The molecule has 0 amide bonds. The molecule has 0 unspecified atom stereocenters. The number of rotatable bonds is 8. The molecule has 0 spiro atoms. The molecule has 0 saturated carbocycles. The highest BCUT2D eigenvalue weighted by atomic mass is 16.5. The molecule has 0 aliphatic rings. The Kier molecular flexibility index (Phi) is 8.38. The average Bonchev–Trinajstić information content (AvgIpc) is 2.72. The monoisotopic (exact) mass is 390 g/mol. The van der Waals surface area contributed by atoms with Crippen molar-refractivity contribution in [1.29, 1.82) is 5.41 Å². The second kappa shape index (κ2) is 11.2. The van der Waals surface area contributed by atoms with Gasteiger partial charge in [-0.05, 0) is 42.3 Å². The largest absolute Gasteiger partial charge is 0.489 e. The SMILES string of the molecule is C=C/C=C\C=C(/C)COc1ccc(CC(=N)O/C(=N\C)c2cccnc2N)cc1. The van der Waals surface area contributed by atoms with Gasteiger partial charge in [0.2, 0.25) is 5.90 Å². The van der Waals surface area contributed by atoms with Gasteiger partial charge >= 0.3 is 0 Å². The number of hydrogen-bond donors (Lipinski definition) is 2. The van der Waals surface area contributed by atoms with Crippen molar-refractivity contribution in [2.45, 2.75) is 13.3 Å². The van der Waals surface area contributed by atoms with Crippen LogP contribution in [-0.4, -0.2) is 30.4 Å². The van der Waals surface area contributed by atoms with E-state index in [9.17, 15) is 0 Å². The quantitative estimate of drug-likeness (QED) is 0.398. The van der Waals surface area contributed by atoms with Gasteiger partial charge in [0.1, 0.15) is 18.2 Å². The van der Waals surface area contributed by atoms with Gasteiger partial charge in [-0.1, -0.05) is 43.0 Å². The lowest BCUT2D eigenvalue weighted by molar-refractivity contribution is 0.352. The number of aliphatic imine (C=N–C) groups is 1. The molecule has 1 aromatic heterocycles. The molecule has 0 radical (unpaired) electrons. The lowest BCUT2D eigenvalue weighted by Crippen LogP contribution is -2.17. The minimum atomic E-state index is 0.0651. The first kappa shape index (κ1) is 21.6. The number of nitrogens with one attached hydrogen (secondary N) is 1. The minimum Gasteiger partial charge on any atom is -0.489 e. The first-order chi connectivity index (χ1) is 14.0. The summed E-state index contributed by atoms with van der Waals surface area (Å²) in [7, 11) is 1.59. The predicted octanol–water partition coefficient (Wildman–Crippen LogP) is 4.34. The Balaban J connectivity index is 1.91. The molecule has 2 aromatic rings. The van der Waals surface area contributed by atoms with Crippen molar-refractivity contribution in [3.05, 3.63) is 90.2 Å². The standard InChI is InChI=1S/C23H26N4O2/c1-4-5-6-8-17(2)16-28-19-12-10-18(11-13-19)15-21(24)29-23(26-3)20-9-7-14-27-22(20)25/h4-14,24H,1,15-16H2,2-3H3,(H2,25,27)/b6-5-,17-8+,24-21?,26-23-. The molecule has 2 rings (SSSR count). The van der Waals surface area contributed by atoms with E-state index in [-0.39, 0.29) is 11.8 Å². The van der Waals surface area contributed by atoms with Crippen LogP contribution in [0, 0.1) is 5.41 Å². The van der Waals surface area contributed by atoms with Gasteiger partial charge in [-0.3, -0.25) is 10.4 Å². The Morgan fingerprint density at radius 1 is 1.24 bits per heavy atom. The molecule has 1 aromatic carbocycles. The van der Waals surface area contributed by atoms with Gasteiger partial charge in [0.05, 0.1) is 5.56 Å². The van der Waals surface area contributed by atoms with Gasteiger partial charge in [-0.15, -0.1) is 0 Å². The third-order valence-corrected chi connectivity index (χ3v) is 3.87. The fourth-order valence-corrected chi connectivity index (χ4v) is 2.40. The van der Waals surface area contributed by atoms with Crippen LogP contribution in [0.4, 0.5) is 5.82 Å². The van der Waals surface area contributed by atoms with E-state index in [0.717, 1.165) is 16.9 Å². The average molecular weight is 390 g/mol. The number of pyridine rings is 1. The number of nitrogen functional groups attached to an aromatic ring is 1. The Morgan fingerprint density at radius 2 is 2.00 bits per heavy atom. The summed E-state index contributed by atoms with van der Waals surface area (Å²) in [6, 6.07) is 11.1. The molecule has 0 saturated heterocycles. The highest BCUT2D eigenvalue weighted by Gasteiger charge is 2.12. The third kappa shape index (κ3) is 7.10. The van der Waals surface area contributed by atoms with Crippen molar-refractivity contribution in [2.24, 2.45) is 4.99 Å². The van der Waals surface area contributed by atoms with E-state index in [1.165, 1.54) is 0 Å². The zero-order valence-corrected chi connectivity index (χ0v) is 16.8. The van der Waals surface area contributed by atoms with Crippen molar-refractivity contribution in [1.82, 2.24) is 4.98 Å². The number of nitrogens with zero attached hydrogens (tertiary/aromatic N) is 2. The van der Waals surface area contributed by atoms with Gasteiger partial charge in [0.25, 0.3) is 0 Å². The molecule has 0 bridgehead atoms. The fraction of sp³-hybridized carbons (Fsp3) is 0.174. The summed E-state index contributed by atoms with van der Waals surface area (Å²) in [6.07, 6.45) is 9.42. The highest BCUT2D eigenvalue weighted by Crippen LogP contribution is 2.15. The van der Waals surface area contributed by atoms with Crippen LogP contribution in [0.5, 0.6) is 5.75 Å². The number of hydrogen-bond acceptors (Lipinski definition) is 6. The van der Waals surface area contributed by atoms with Crippen LogP contribution in [0.15, 0.2) is 84.0 Å². The number of ether oxygens (including phenoxy) is 2. The molecule has 0 fully saturated rings. The molecular weight excluding hydrogens is 364 g/mol. The minimum absolute atomic E-state index is 0.0651. The Hall–Kier alpha value is -3.67. The van der Waals surface area contributed by atoms with E-state index in [1.807, 2.05) is 49.4 Å². The number of benzene rings is 1. The summed E-state index contributed by atoms with van der Waals surface area (Å²) in [5.41, 5.74) is 8.45. The number of allylic oxidation sites excluding steroid dienone is 4. The van der Waals surface area contributed by atoms with E-state index in [4.69, 9.17) is 20.6 Å². The van der Waals surface area contributed by atoms with Crippen molar-refractivity contribution in [2.75, 3.05) is 19.4 Å². The van der Waals surface area contributed by atoms with Gasteiger partial charge in [-0.25, -0.2) is 4.98 Å². The summed E-state index contributed by atoms with van der Waals surface area (Å²) in [4.78, 5) is 8.10. The lowest BCUT2D eigenvalue weighted by Gasteiger charge is -2.11. The van der Waals surface area contributed by atoms with Crippen molar-refractivity contribution >= 4 is 17.6 Å². The number of anilines is 1. The van der Waals surface area contributed by atoms with Crippen LogP contribution >= 0.6 is 0 Å². The molecule has 6 heteroatoms.